The summed E-state index contributed by atoms with van der Waals surface area (Å²) in [5.74, 6) is 0. The molecule has 5 heteroatoms. The van der Waals surface area contributed by atoms with Crippen molar-refractivity contribution in [3.05, 3.63) is 12.3 Å². The molecule has 1 saturated carbocycles. The Balaban J connectivity index is 1.78. The summed E-state index contributed by atoms with van der Waals surface area (Å²) in [5, 5.41) is 4.61. The molecule has 1 aliphatic carbocycles. The minimum absolute atomic E-state index is 0.294. The van der Waals surface area contributed by atoms with Crippen LogP contribution in [-0.2, 0) is 9.31 Å². The van der Waals surface area contributed by atoms with Crippen LogP contribution >= 0.6 is 0 Å². The second-order valence-corrected chi connectivity index (χ2v) is 6.39. The molecule has 0 atom stereocenters. The molecule has 4 nitrogen and oxygen atoms in total. The number of rotatable bonds is 2. The van der Waals surface area contributed by atoms with Gasteiger partial charge in [0.25, 0.3) is 0 Å². The third kappa shape index (κ3) is 1.80. The van der Waals surface area contributed by atoms with E-state index >= 15 is 0 Å². The van der Waals surface area contributed by atoms with Gasteiger partial charge in [-0.25, -0.2) is 0 Å². The molecule has 3 rings (SSSR count). The molecule has 0 spiro atoms. The van der Waals surface area contributed by atoms with E-state index in [-0.39, 0.29) is 18.3 Å². The molecule has 0 radical (unpaired) electrons. The van der Waals surface area contributed by atoms with E-state index in [4.69, 9.17) is 9.31 Å². The van der Waals surface area contributed by atoms with Gasteiger partial charge in [0.2, 0.25) is 0 Å². The Bertz CT molecular complexity index is 436. The molecule has 0 bridgehead atoms. The zero-order valence-electron chi connectivity index (χ0n) is 11.6. The monoisotopic (exact) mass is 248 g/mol. The highest BCUT2D eigenvalue weighted by Crippen LogP contribution is 2.36. The van der Waals surface area contributed by atoms with Crippen LogP contribution < -0.4 is 5.59 Å². The smallest absolute Gasteiger partial charge is 0.398 e. The van der Waals surface area contributed by atoms with Crippen LogP contribution in [0.1, 0.15) is 53.0 Å². The molecule has 0 N–H and O–H groups in total. The zero-order chi connectivity index (χ0) is 13.0. The van der Waals surface area contributed by atoms with Gasteiger partial charge < -0.3 is 9.31 Å². The first-order valence-corrected chi connectivity index (χ1v) is 6.80. The van der Waals surface area contributed by atoms with Crippen molar-refractivity contribution < 1.29 is 9.31 Å². The predicted molar refractivity (Wildman–Crippen MR) is 70.8 cm³/mol. The zero-order valence-corrected chi connectivity index (χ0v) is 11.6. The van der Waals surface area contributed by atoms with Gasteiger partial charge >= 0.3 is 7.12 Å². The van der Waals surface area contributed by atoms with Crippen molar-refractivity contribution in [2.24, 2.45) is 0 Å². The Morgan fingerprint density at radius 3 is 2.33 bits per heavy atom. The standard InChI is InChI=1S/C13H21BN2O2/c1-12(2)13(3,4)18-14(17-12)11-8-9-16(15-11)10-6-5-7-10/h8-10H,5-7H2,1-4H3. The summed E-state index contributed by atoms with van der Waals surface area (Å²) in [6, 6.07) is 2.60. The summed E-state index contributed by atoms with van der Waals surface area (Å²) in [5.41, 5.74) is 0.302. The molecule has 18 heavy (non-hydrogen) atoms. The summed E-state index contributed by atoms with van der Waals surface area (Å²) < 4.78 is 14.1. The average Bonchev–Trinajstić information content (AvgIpc) is 2.68. The SMILES string of the molecule is CC1(C)OB(c2ccn(C3CCC3)n2)OC1(C)C. The Kier molecular flexibility index (Phi) is 2.61. The molecule has 0 amide bonds. The number of nitrogens with zero attached hydrogens (tertiary/aromatic N) is 2. The van der Waals surface area contributed by atoms with Gasteiger partial charge in [-0.2, -0.15) is 5.10 Å². The summed E-state index contributed by atoms with van der Waals surface area (Å²) in [7, 11) is -0.337. The molecule has 1 aliphatic heterocycles. The Morgan fingerprint density at radius 1 is 1.22 bits per heavy atom. The van der Waals surface area contributed by atoms with E-state index in [0.717, 1.165) is 5.59 Å². The minimum atomic E-state index is -0.337. The molecule has 0 aromatic carbocycles. The van der Waals surface area contributed by atoms with E-state index in [9.17, 15) is 0 Å². The largest absolute Gasteiger partial charge is 0.516 e. The molecule has 2 aliphatic rings. The van der Waals surface area contributed by atoms with Gasteiger partial charge in [-0.1, -0.05) is 0 Å². The van der Waals surface area contributed by atoms with Gasteiger partial charge in [0.05, 0.1) is 22.8 Å². The second-order valence-electron chi connectivity index (χ2n) is 6.39. The van der Waals surface area contributed by atoms with Crippen molar-refractivity contribution in [2.75, 3.05) is 0 Å². The lowest BCUT2D eigenvalue weighted by atomic mass is 9.85. The van der Waals surface area contributed by atoms with Gasteiger partial charge in [-0.15, -0.1) is 0 Å². The van der Waals surface area contributed by atoms with Crippen molar-refractivity contribution in [2.45, 2.75) is 64.2 Å². The lowest BCUT2D eigenvalue weighted by Crippen LogP contribution is -2.41. The maximum Gasteiger partial charge on any atom is 0.516 e. The summed E-state index contributed by atoms with van der Waals surface area (Å²) in [6.45, 7) is 8.26. The van der Waals surface area contributed by atoms with E-state index in [2.05, 4.69) is 37.5 Å². The summed E-state index contributed by atoms with van der Waals surface area (Å²) >= 11 is 0. The molecule has 1 aromatic rings. The molecule has 2 fully saturated rings. The first-order chi connectivity index (χ1) is 8.39. The number of hydrogen-bond donors (Lipinski definition) is 0. The molecule has 0 unspecified atom stereocenters. The molecule has 1 aromatic heterocycles. The predicted octanol–water partition coefficient (Wildman–Crippen LogP) is 1.91. The van der Waals surface area contributed by atoms with Crippen molar-refractivity contribution in [3.63, 3.8) is 0 Å². The van der Waals surface area contributed by atoms with E-state index in [1.165, 1.54) is 19.3 Å². The van der Waals surface area contributed by atoms with Crippen molar-refractivity contribution >= 4 is 12.7 Å². The van der Waals surface area contributed by atoms with E-state index < -0.39 is 0 Å². The lowest BCUT2D eigenvalue weighted by Gasteiger charge is -2.32. The molecule has 1 saturated heterocycles. The van der Waals surface area contributed by atoms with Gasteiger partial charge in [0.1, 0.15) is 0 Å². The number of aromatic nitrogens is 2. The number of hydrogen-bond acceptors (Lipinski definition) is 3. The van der Waals surface area contributed by atoms with Crippen LogP contribution in [0.15, 0.2) is 12.3 Å². The quantitative estimate of drug-likeness (QED) is 0.750. The van der Waals surface area contributed by atoms with Crippen molar-refractivity contribution in [3.8, 4) is 0 Å². The first kappa shape index (κ1) is 12.2. The van der Waals surface area contributed by atoms with Gasteiger partial charge in [0.15, 0.2) is 0 Å². The summed E-state index contributed by atoms with van der Waals surface area (Å²) in [6.07, 6.45) is 5.84. The molecular formula is C13H21BN2O2. The molecular weight excluding hydrogens is 227 g/mol. The fraction of sp³-hybridized carbons (Fsp3) is 0.769. The fourth-order valence-electron chi connectivity index (χ4n) is 2.30. The van der Waals surface area contributed by atoms with E-state index in [1.54, 1.807) is 0 Å². The van der Waals surface area contributed by atoms with Crippen LogP contribution in [0.5, 0.6) is 0 Å². The summed E-state index contributed by atoms with van der Waals surface area (Å²) in [4.78, 5) is 0. The van der Waals surface area contributed by atoms with Crippen LogP contribution in [0.25, 0.3) is 0 Å². The molecule has 2 heterocycles. The van der Waals surface area contributed by atoms with Crippen LogP contribution in [0.3, 0.4) is 0 Å². The van der Waals surface area contributed by atoms with E-state index in [0.29, 0.717) is 6.04 Å². The highest BCUT2D eigenvalue weighted by molar-refractivity contribution is 6.61. The Morgan fingerprint density at radius 2 is 1.83 bits per heavy atom. The maximum absolute atomic E-state index is 6.00. The van der Waals surface area contributed by atoms with Crippen molar-refractivity contribution in [1.82, 2.24) is 9.78 Å². The van der Waals surface area contributed by atoms with Gasteiger partial charge in [0, 0.05) is 6.20 Å². The highest BCUT2D eigenvalue weighted by Gasteiger charge is 2.52. The Labute approximate surface area is 109 Å². The Hall–Kier alpha value is -0.805. The minimum Gasteiger partial charge on any atom is -0.398 e. The second kappa shape index (κ2) is 3.84. The third-order valence-electron chi connectivity index (χ3n) is 4.57. The lowest BCUT2D eigenvalue weighted by molar-refractivity contribution is 0.00578. The topological polar surface area (TPSA) is 36.3 Å². The van der Waals surface area contributed by atoms with Crippen LogP contribution in [-0.4, -0.2) is 28.1 Å². The van der Waals surface area contributed by atoms with Gasteiger partial charge in [-0.05, 0) is 53.0 Å². The van der Waals surface area contributed by atoms with Crippen LogP contribution in [0.4, 0.5) is 0 Å². The first-order valence-electron chi connectivity index (χ1n) is 6.80. The van der Waals surface area contributed by atoms with Crippen LogP contribution in [0.2, 0.25) is 0 Å². The highest BCUT2D eigenvalue weighted by atomic mass is 16.7. The third-order valence-corrected chi connectivity index (χ3v) is 4.57. The average molecular weight is 248 g/mol. The maximum atomic E-state index is 6.00. The van der Waals surface area contributed by atoms with E-state index in [1.807, 2.05) is 12.3 Å². The normalized spacial score (nSPS) is 26.3. The van der Waals surface area contributed by atoms with Crippen molar-refractivity contribution in [1.29, 1.82) is 0 Å². The fourth-order valence-corrected chi connectivity index (χ4v) is 2.30. The van der Waals surface area contributed by atoms with Gasteiger partial charge in [-0.3, -0.25) is 4.68 Å². The van der Waals surface area contributed by atoms with Crippen LogP contribution in [0, 0.1) is 0 Å². The molecule has 98 valence electrons.